The van der Waals surface area contributed by atoms with E-state index in [-0.39, 0.29) is 18.1 Å². The van der Waals surface area contributed by atoms with Gasteiger partial charge in [0, 0.05) is 37.1 Å². The first-order chi connectivity index (χ1) is 18.1. The van der Waals surface area contributed by atoms with Crippen molar-refractivity contribution in [1.29, 1.82) is 0 Å². The summed E-state index contributed by atoms with van der Waals surface area (Å²) in [6.45, 7) is 8.80. The normalized spacial score (nSPS) is 25.3. The van der Waals surface area contributed by atoms with Gasteiger partial charge in [-0.25, -0.2) is 14.8 Å². The van der Waals surface area contributed by atoms with Crippen LogP contribution in [0.5, 0.6) is 5.88 Å². The van der Waals surface area contributed by atoms with Crippen LogP contribution in [0.3, 0.4) is 0 Å². The molecule has 2 atom stereocenters. The molecule has 38 heavy (non-hydrogen) atoms. The second-order valence-electron chi connectivity index (χ2n) is 11.7. The van der Waals surface area contributed by atoms with E-state index in [1.54, 1.807) is 17.7 Å². The fourth-order valence-electron chi connectivity index (χ4n) is 6.03. The highest BCUT2D eigenvalue weighted by Gasteiger charge is 2.35. The van der Waals surface area contributed by atoms with E-state index in [1.165, 1.54) is 4.88 Å². The third-order valence-corrected chi connectivity index (χ3v) is 9.11. The number of nitrogens with zero attached hydrogens (tertiary/aromatic N) is 4. The quantitative estimate of drug-likeness (QED) is 0.566. The fourth-order valence-corrected chi connectivity index (χ4v) is 7.26. The summed E-state index contributed by atoms with van der Waals surface area (Å²) >= 11 is 1.65. The van der Waals surface area contributed by atoms with Crippen LogP contribution in [0.2, 0.25) is 0 Å². The van der Waals surface area contributed by atoms with Gasteiger partial charge < -0.3 is 25.2 Å². The Kier molecular flexibility index (Phi) is 7.79. The molecule has 0 bridgehead atoms. The predicted octanol–water partition coefficient (Wildman–Crippen LogP) is 3.20. The first-order valence-corrected chi connectivity index (χ1v) is 14.5. The maximum absolute atomic E-state index is 12.4. The number of rotatable bonds is 6. The van der Waals surface area contributed by atoms with Crippen LogP contribution in [0.1, 0.15) is 75.7 Å². The first kappa shape index (κ1) is 27.1. The van der Waals surface area contributed by atoms with Gasteiger partial charge in [0.25, 0.3) is 0 Å². The lowest BCUT2D eigenvalue weighted by atomic mass is 9.91. The zero-order valence-corrected chi connectivity index (χ0v) is 23.3. The summed E-state index contributed by atoms with van der Waals surface area (Å²) in [5, 5.41) is 11.0. The van der Waals surface area contributed by atoms with Gasteiger partial charge in [0.1, 0.15) is 29.0 Å². The van der Waals surface area contributed by atoms with Gasteiger partial charge in [-0.1, -0.05) is 0 Å². The number of ether oxygens (including phenoxy) is 2. The summed E-state index contributed by atoms with van der Waals surface area (Å²) < 4.78 is 12.0. The number of aryl methyl sites for hydroxylation is 1. The summed E-state index contributed by atoms with van der Waals surface area (Å²) in [4.78, 5) is 39.3. The number of aliphatic hydroxyl groups is 1. The zero-order valence-electron chi connectivity index (χ0n) is 22.5. The lowest BCUT2D eigenvalue weighted by Gasteiger charge is -2.42. The number of hydrogen-bond donors (Lipinski definition) is 2. The third kappa shape index (κ3) is 5.89. The van der Waals surface area contributed by atoms with Crippen LogP contribution in [0.25, 0.3) is 10.2 Å². The Balaban J connectivity index is 1.18. The van der Waals surface area contributed by atoms with Crippen molar-refractivity contribution in [3.05, 3.63) is 16.8 Å². The molecule has 2 aromatic heterocycles. The number of carbonyl (C=O) groups excluding carboxylic acids is 2. The van der Waals surface area contributed by atoms with Gasteiger partial charge >= 0.3 is 6.09 Å². The first-order valence-electron chi connectivity index (χ1n) is 13.7. The van der Waals surface area contributed by atoms with Crippen molar-refractivity contribution in [3.63, 3.8) is 0 Å². The number of nitrogens with two attached hydrogens (primary N) is 1. The molecule has 1 saturated carbocycles. The van der Waals surface area contributed by atoms with Gasteiger partial charge in [-0.05, 0) is 77.2 Å². The number of fused-ring (bicyclic) bond motifs is 3. The van der Waals surface area contributed by atoms with Crippen molar-refractivity contribution < 1.29 is 24.2 Å². The second-order valence-corrected chi connectivity index (χ2v) is 12.8. The number of piperazine rings is 1. The maximum atomic E-state index is 12.4. The highest BCUT2D eigenvalue weighted by Crippen LogP contribution is 2.47. The Morgan fingerprint density at radius 1 is 1.13 bits per heavy atom. The van der Waals surface area contributed by atoms with Crippen molar-refractivity contribution in [2.75, 3.05) is 26.2 Å². The van der Waals surface area contributed by atoms with Gasteiger partial charge in [-0.15, -0.1) is 11.3 Å². The average molecular weight is 546 g/mol. The lowest BCUT2D eigenvalue weighted by Crippen LogP contribution is -2.53. The molecule has 11 heteroatoms. The largest absolute Gasteiger partial charge is 0.474 e. The van der Waals surface area contributed by atoms with E-state index in [0.717, 1.165) is 67.4 Å². The molecule has 208 valence electrons. The minimum absolute atomic E-state index is 0.0460. The van der Waals surface area contributed by atoms with Crippen LogP contribution >= 0.6 is 11.3 Å². The molecule has 3 N–H and O–H groups in total. The number of thiophene rings is 1. The Bertz CT molecular complexity index is 1160. The number of aromatic nitrogens is 2. The predicted molar refractivity (Wildman–Crippen MR) is 144 cm³/mol. The van der Waals surface area contributed by atoms with E-state index >= 15 is 0 Å². The van der Waals surface area contributed by atoms with Crippen LogP contribution in [0, 0.1) is 0 Å². The molecule has 2 fully saturated rings. The molecule has 1 saturated heterocycles. The minimum Gasteiger partial charge on any atom is -0.474 e. The Hall–Kier alpha value is -2.50. The molecule has 1 aliphatic heterocycles. The van der Waals surface area contributed by atoms with Gasteiger partial charge in [0.2, 0.25) is 11.8 Å². The van der Waals surface area contributed by atoms with Crippen molar-refractivity contribution in [3.8, 4) is 5.88 Å². The van der Waals surface area contributed by atoms with Crippen molar-refractivity contribution in [2.45, 2.75) is 95.5 Å². The summed E-state index contributed by atoms with van der Waals surface area (Å²) in [6.07, 6.45) is 6.33. The molecule has 2 aliphatic carbocycles. The summed E-state index contributed by atoms with van der Waals surface area (Å²) in [5.41, 5.74) is 5.97. The van der Waals surface area contributed by atoms with Gasteiger partial charge in [-0.3, -0.25) is 9.69 Å². The summed E-state index contributed by atoms with van der Waals surface area (Å²) in [5.74, 6) is -0.0270. The molecule has 0 radical (unpaired) electrons. The molecule has 2 amide bonds. The van der Waals surface area contributed by atoms with Crippen molar-refractivity contribution in [2.24, 2.45) is 5.73 Å². The second kappa shape index (κ2) is 10.9. The van der Waals surface area contributed by atoms with E-state index in [1.807, 2.05) is 25.7 Å². The summed E-state index contributed by atoms with van der Waals surface area (Å²) in [7, 11) is 0. The number of aliphatic hydroxyl groups excluding tert-OH is 1. The van der Waals surface area contributed by atoms with Gasteiger partial charge in [0.05, 0.1) is 5.39 Å². The SMILES string of the molecule is CC(C)(C)OC(=O)N1CCN([C@H]2CC[C@H](Oc3ncnc4sc5c(c34)[C@@H](C[C@H](O)C(N)=O)CC5)CC2)CC1. The molecule has 0 spiro atoms. The molecule has 3 aliphatic rings. The van der Waals surface area contributed by atoms with Crippen LogP contribution in [-0.4, -0.2) is 86.9 Å². The molecule has 5 rings (SSSR count). The molecule has 0 unspecified atom stereocenters. The van der Waals surface area contributed by atoms with E-state index < -0.39 is 17.6 Å². The Morgan fingerprint density at radius 2 is 1.84 bits per heavy atom. The smallest absolute Gasteiger partial charge is 0.410 e. The van der Waals surface area contributed by atoms with E-state index in [2.05, 4.69) is 14.9 Å². The fraction of sp³-hybridized carbons (Fsp3) is 0.704. The standard InChI is InChI=1S/C27H39N5O5S/c1-27(2,3)37-26(35)32-12-10-31(11-13-32)17-5-7-18(8-6-17)36-24-22-21-16(14-19(33)23(28)34)4-9-20(21)38-25(22)30-15-29-24/h15-19,33H,4-14H2,1-3H3,(H2,28,34)/t16-,17-,18-,19+/m1/s1. The number of hydrogen-bond acceptors (Lipinski definition) is 9. The molecule has 10 nitrogen and oxygen atoms in total. The maximum Gasteiger partial charge on any atom is 0.410 e. The van der Waals surface area contributed by atoms with Crippen LogP contribution < -0.4 is 10.5 Å². The third-order valence-electron chi connectivity index (χ3n) is 7.94. The van der Waals surface area contributed by atoms with Crippen molar-refractivity contribution >= 4 is 33.6 Å². The molecule has 0 aromatic carbocycles. The topological polar surface area (TPSA) is 131 Å². The Morgan fingerprint density at radius 3 is 2.50 bits per heavy atom. The zero-order chi connectivity index (χ0) is 27.0. The lowest BCUT2D eigenvalue weighted by molar-refractivity contribution is -0.126. The van der Waals surface area contributed by atoms with Crippen molar-refractivity contribution in [1.82, 2.24) is 19.8 Å². The highest BCUT2D eigenvalue weighted by atomic mass is 32.1. The van der Waals surface area contributed by atoms with E-state index in [9.17, 15) is 14.7 Å². The van der Waals surface area contributed by atoms with Gasteiger partial charge in [0.15, 0.2) is 0 Å². The molecular weight excluding hydrogens is 506 g/mol. The number of carbonyl (C=O) groups is 2. The molecular formula is C27H39N5O5S. The minimum atomic E-state index is -1.16. The average Bonchev–Trinajstić information content (AvgIpc) is 3.43. The highest BCUT2D eigenvalue weighted by molar-refractivity contribution is 7.19. The van der Waals surface area contributed by atoms with Crippen LogP contribution in [-0.2, 0) is 16.0 Å². The van der Waals surface area contributed by atoms with E-state index in [4.69, 9.17) is 15.2 Å². The Labute approximate surface area is 227 Å². The molecule has 3 heterocycles. The number of amides is 2. The van der Waals surface area contributed by atoms with Crippen LogP contribution in [0.4, 0.5) is 4.79 Å². The van der Waals surface area contributed by atoms with E-state index in [0.29, 0.717) is 31.4 Å². The number of primary amides is 1. The van der Waals surface area contributed by atoms with Crippen LogP contribution in [0.15, 0.2) is 6.33 Å². The monoisotopic (exact) mass is 545 g/mol. The van der Waals surface area contributed by atoms with Gasteiger partial charge in [-0.2, -0.15) is 0 Å². The summed E-state index contributed by atoms with van der Waals surface area (Å²) in [6, 6.07) is 0.492. The molecule has 2 aromatic rings.